The molecule has 2 atom stereocenters. The van der Waals surface area contributed by atoms with Crippen LogP contribution in [0.25, 0.3) is 0 Å². The van der Waals surface area contributed by atoms with Crippen LogP contribution in [0.15, 0.2) is 48.5 Å². The molecule has 3 rings (SSSR count). The largest absolute Gasteiger partial charge is 1.00 e. The Morgan fingerprint density at radius 3 is 2.47 bits per heavy atom. The predicted octanol–water partition coefficient (Wildman–Crippen LogP) is 0.305. The third-order valence-corrected chi connectivity index (χ3v) is 5.56. The molecule has 2 aromatic carbocycles. The van der Waals surface area contributed by atoms with Gasteiger partial charge in [-0.3, -0.25) is 9.69 Å². The van der Waals surface area contributed by atoms with Gasteiger partial charge in [-0.05, 0) is 49.1 Å². The number of hydrogen-bond donors (Lipinski definition) is 1. The average Bonchev–Trinajstić information content (AvgIpc) is 2.73. The molecule has 166 valence electrons. The summed E-state index contributed by atoms with van der Waals surface area (Å²) >= 11 is 0. The van der Waals surface area contributed by atoms with Crippen LogP contribution in [0.4, 0.5) is 13.2 Å². The predicted molar refractivity (Wildman–Crippen MR) is 107 cm³/mol. The number of carboxylic acids is 1. The van der Waals surface area contributed by atoms with Crippen LogP contribution in [-0.4, -0.2) is 29.4 Å². The second kappa shape index (κ2) is 11.0. The standard InChI is InChI=1S/C23H25F3N2O3.Li/c1-15(17-8-10-18(11-9-17)22(30)31)27-21(29)20-7-2-3-12-28(20)14-16-5-4-6-19(13-16)23(24,25)26;/h4-6,8-11,13,15,20H,2-3,7,12,14H2,1H3,(H,27,29)(H,30,31);/q;+1/p-1/t15-,20+;/m0./s1. The number of hydrogen-bond acceptors (Lipinski definition) is 4. The smallest absolute Gasteiger partial charge is 0.545 e. The van der Waals surface area contributed by atoms with E-state index in [1.807, 2.05) is 4.90 Å². The molecular formula is C23H24F3LiN2O3. The Kier molecular flexibility index (Phi) is 8.96. The third kappa shape index (κ3) is 6.61. The van der Waals surface area contributed by atoms with Crippen LogP contribution in [0, 0.1) is 0 Å². The van der Waals surface area contributed by atoms with Gasteiger partial charge in [0.2, 0.25) is 5.91 Å². The molecule has 0 bridgehead atoms. The Morgan fingerprint density at radius 2 is 1.84 bits per heavy atom. The van der Waals surface area contributed by atoms with Crippen molar-refractivity contribution < 1.29 is 46.7 Å². The van der Waals surface area contributed by atoms with Crippen molar-refractivity contribution in [1.29, 1.82) is 0 Å². The molecule has 1 fully saturated rings. The van der Waals surface area contributed by atoms with E-state index in [9.17, 15) is 27.9 Å². The van der Waals surface area contributed by atoms with E-state index in [1.54, 1.807) is 25.1 Å². The van der Waals surface area contributed by atoms with Gasteiger partial charge in [-0.25, -0.2) is 0 Å². The fraction of sp³-hybridized carbons (Fsp3) is 0.391. The van der Waals surface area contributed by atoms with Gasteiger partial charge >= 0.3 is 25.0 Å². The maximum atomic E-state index is 13.0. The number of nitrogens with zero attached hydrogens (tertiary/aromatic N) is 1. The van der Waals surface area contributed by atoms with Crippen LogP contribution in [0.1, 0.15) is 59.3 Å². The Balaban J connectivity index is 0.00000363. The Labute approximate surface area is 197 Å². The Morgan fingerprint density at radius 1 is 1.16 bits per heavy atom. The zero-order valence-electron chi connectivity index (χ0n) is 18.1. The number of halogens is 3. The number of aromatic carboxylic acids is 1. The summed E-state index contributed by atoms with van der Waals surface area (Å²) in [6.45, 7) is 2.69. The summed E-state index contributed by atoms with van der Waals surface area (Å²) in [7, 11) is 0. The molecular weight excluding hydrogens is 416 g/mol. The fourth-order valence-corrected chi connectivity index (χ4v) is 3.86. The van der Waals surface area contributed by atoms with Crippen molar-refractivity contribution in [2.75, 3.05) is 6.54 Å². The van der Waals surface area contributed by atoms with E-state index in [1.165, 1.54) is 18.2 Å². The van der Waals surface area contributed by atoms with Crippen LogP contribution in [-0.2, 0) is 17.5 Å². The van der Waals surface area contributed by atoms with Crippen molar-refractivity contribution in [3.05, 3.63) is 70.8 Å². The maximum Gasteiger partial charge on any atom is 1.00 e. The van der Waals surface area contributed by atoms with Crippen LogP contribution in [0.3, 0.4) is 0 Å². The first-order valence-electron chi connectivity index (χ1n) is 10.2. The summed E-state index contributed by atoms with van der Waals surface area (Å²) in [5.41, 5.74) is 0.623. The van der Waals surface area contributed by atoms with Crippen molar-refractivity contribution in [2.45, 2.75) is 51.0 Å². The quantitative estimate of drug-likeness (QED) is 0.657. The van der Waals surface area contributed by atoms with Crippen LogP contribution < -0.4 is 29.3 Å². The minimum atomic E-state index is -4.41. The van der Waals surface area contributed by atoms with Crippen molar-refractivity contribution >= 4 is 11.9 Å². The molecule has 9 heteroatoms. The molecule has 2 aromatic rings. The number of nitrogens with one attached hydrogen (secondary N) is 1. The first-order valence-corrected chi connectivity index (χ1v) is 10.2. The molecule has 0 unspecified atom stereocenters. The van der Waals surface area contributed by atoms with Crippen LogP contribution in [0.5, 0.6) is 0 Å². The van der Waals surface area contributed by atoms with Crippen molar-refractivity contribution in [3.8, 4) is 0 Å². The fourth-order valence-electron chi connectivity index (χ4n) is 3.86. The summed E-state index contributed by atoms with van der Waals surface area (Å²) in [4.78, 5) is 25.7. The van der Waals surface area contributed by atoms with Crippen LogP contribution in [0.2, 0.25) is 0 Å². The van der Waals surface area contributed by atoms with Crippen molar-refractivity contribution in [2.24, 2.45) is 0 Å². The number of alkyl halides is 3. The van der Waals surface area contributed by atoms with E-state index in [2.05, 4.69) is 5.32 Å². The molecule has 1 amide bonds. The van der Waals surface area contributed by atoms with E-state index >= 15 is 0 Å². The summed E-state index contributed by atoms with van der Waals surface area (Å²) < 4.78 is 39.0. The van der Waals surface area contributed by atoms with Gasteiger partial charge in [-0.15, -0.1) is 0 Å². The normalized spacial score (nSPS) is 17.8. The zero-order valence-corrected chi connectivity index (χ0v) is 18.1. The Hall–Kier alpha value is -2.27. The summed E-state index contributed by atoms with van der Waals surface area (Å²) in [6, 6.07) is 10.5. The van der Waals surface area contributed by atoms with Gasteiger partial charge in [0, 0.05) is 6.54 Å². The minimum Gasteiger partial charge on any atom is -0.545 e. The molecule has 0 aliphatic carbocycles. The van der Waals surface area contributed by atoms with Gasteiger partial charge in [0.1, 0.15) is 0 Å². The molecule has 1 aliphatic rings. The monoisotopic (exact) mass is 440 g/mol. The number of likely N-dealkylation sites (tertiary alicyclic amines) is 1. The topological polar surface area (TPSA) is 72.5 Å². The summed E-state index contributed by atoms with van der Waals surface area (Å²) in [5.74, 6) is -1.46. The number of carboxylic acid groups (broad SMARTS) is 1. The van der Waals surface area contributed by atoms with E-state index in [4.69, 9.17) is 0 Å². The molecule has 1 N–H and O–H groups in total. The van der Waals surface area contributed by atoms with E-state index < -0.39 is 23.8 Å². The van der Waals surface area contributed by atoms with Crippen molar-refractivity contribution in [3.63, 3.8) is 0 Å². The molecule has 5 nitrogen and oxygen atoms in total. The molecule has 1 heterocycles. The molecule has 0 radical (unpaired) electrons. The number of piperidine rings is 1. The third-order valence-electron chi connectivity index (χ3n) is 5.56. The number of amides is 1. The second-order valence-electron chi connectivity index (χ2n) is 7.82. The number of carbonyl (C=O) groups is 2. The molecule has 0 saturated carbocycles. The van der Waals surface area contributed by atoms with Crippen LogP contribution >= 0.6 is 0 Å². The number of carbonyl (C=O) groups excluding carboxylic acids is 2. The zero-order chi connectivity index (χ0) is 22.6. The SMILES string of the molecule is C[C@H](NC(=O)[C@H]1CCCCN1Cc1cccc(C(F)(F)F)c1)c1ccc(C(=O)[O-])cc1.[Li+]. The van der Waals surface area contributed by atoms with Gasteiger partial charge in [0.15, 0.2) is 0 Å². The van der Waals surface area contributed by atoms with Crippen molar-refractivity contribution in [1.82, 2.24) is 10.2 Å². The second-order valence-corrected chi connectivity index (χ2v) is 7.82. The molecule has 1 saturated heterocycles. The first kappa shape index (κ1) is 26.0. The Bertz CT molecular complexity index is 935. The van der Waals surface area contributed by atoms with Gasteiger partial charge in [-0.1, -0.05) is 48.9 Å². The maximum absolute atomic E-state index is 13.0. The van der Waals surface area contributed by atoms with Gasteiger partial charge in [0.25, 0.3) is 0 Å². The van der Waals surface area contributed by atoms with E-state index in [0.29, 0.717) is 18.5 Å². The van der Waals surface area contributed by atoms with Gasteiger partial charge in [0.05, 0.1) is 23.6 Å². The molecule has 1 aliphatic heterocycles. The van der Waals surface area contributed by atoms with E-state index in [0.717, 1.165) is 30.5 Å². The average molecular weight is 440 g/mol. The number of rotatable bonds is 6. The minimum absolute atomic E-state index is 0. The molecule has 32 heavy (non-hydrogen) atoms. The van der Waals surface area contributed by atoms with E-state index in [-0.39, 0.29) is 42.9 Å². The summed E-state index contributed by atoms with van der Waals surface area (Å²) in [6.07, 6.45) is -2.04. The molecule has 0 spiro atoms. The van der Waals surface area contributed by atoms with Gasteiger partial charge < -0.3 is 15.2 Å². The number of benzene rings is 2. The summed E-state index contributed by atoms with van der Waals surface area (Å²) in [5, 5.41) is 13.8. The first-order chi connectivity index (χ1) is 14.6. The molecule has 0 aromatic heterocycles. The van der Waals surface area contributed by atoms with Gasteiger partial charge in [-0.2, -0.15) is 13.2 Å².